The molecule has 0 bridgehead atoms. The van der Waals surface area contributed by atoms with E-state index in [0.29, 0.717) is 10.5 Å². The van der Waals surface area contributed by atoms with Crippen molar-refractivity contribution in [1.82, 2.24) is 8.87 Å². The lowest BCUT2D eigenvalue weighted by molar-refractivity contribution is 0.437. The highest BCUT2D eigenvalue weighted by Gasteiger charge is 2.25. The van der Waals surface area contributed by atoms with Crippen molar-refractivity contribution in [3.63, 3.8) is 0 Å². The molecule has 1 aromatic heterocycles. The summed E-state index contributed by atoms with van der Waals surface area (Å²) in [4.78, 5) is 3.36. The normalized spacial score (nSPS) is 12.2. The van der Waals surface area contributed by atoms with Gasteiger partial charge in [0.05, 0.1) is 10.4 Å². The fourth-order valence-corrected chi connectivity index (χ4v) is 6.04. The summed E-state index contributed by atoms with van der Waals surface area (Å²) in [6.45, 7) is 4.70. The summed E-state index contributed by atoms with van der Waals surface area (Å²) in [5, 5.41) is 1.47. The molecule has 0 aliphatic carbocycles. The minimum Gasteiger partial charge on any atom is -0.309 e. The average molecular weight is 423 g/mol. The highest BCUT2D eigenvalue weighted by molar-refractivity contribution is 7.99. The predicted molar refractivity (Wildman–Crippen MR) is 115 cm³/mol. The Morgan fingerprint density at radius 3 is 2.37 bits per heavy atom. The fourth-order valence-electron chi connectivity index (χ4n) is 2.97. The van der Waals surface area contributed by atoms with Crippen LogP contribution in [-0.4, -0.2) is 43.7 Å². The highest BCUT2D eigenvalue weighted by atomic mass is 35.5. The molecule has 0 unspecified atom stereocenters. The van der Waals surface area contributed by atoms with Crippen molar-refractivity contribution in [1.29, 1.82) is 0 Å². The monoisotopic (exact) mass is 422 g/mol. The van der Waals surface area contributed by atoms with Crippen molar-refractivity contribution in [3.05, 3.63) is 58.7 Å². The van der Waals surface area contributed by atoms with E-state index in [4.69, 9.17) is 11.6 Å². The van der Waals surface area contributed by atoms with E-state index in [-0.39, 0.29) is 4.90 Å². The summed E-state index contributed by atoms with van der Waals surface area (Å²) < 4.78 is 28.2. The van der Waals surface area contributed by atoms with Gasteiger partial charge in [0.1, 0.15) is 0 Å². The molecule has 0 N–H and O–H groups in total. The van der Waals surface area contributed by atoms with Crippen LogP contribution in [-0.2, 0) is 10.0 Å². The predicted octanol–water partition coefficient (Wildman–Crippen LogP) is 4.80. The number of aromatic nitrogens is 1. The molecule has 0 fully saturated rings. The zero-order chi connectivity index (χ0) is 19.8. The summed E-state index contributed by atoms with van der Waals surface area (Å²) in [5.74, 6) is 0.865. The molecule has 0 atom stereocenters. The van der Waals surface area contributed by atoms with Crippen LogP contribution in [0.2, 0.25) is 5.02 Å². The van der Waals surface area contributed by atoms with Crippen LogP contribution in [0.4, 0.5) is 0 Å². The first-order valence-corrected chi connectivity index (χ1v) is 11.4. The molecule has 144 valence electrons. The Morgan fingerprint density at radius 1 is 1.07 bits per heavy atom. The molecule has 0 saturated heterocycles. The van der Waals surface area contributed by atoms with Crippen molar-refractivity contribution in [2.45, 2.75) is 23.6 Å². The Balaban J connectivity index is 2.18. The van der Waals surface area contributed by atoms with Gasteiger partial charge in [0.2, 0.25) is 0 Å². The second-order valence-electron chi connectivity index (χ2n) is 6.81. The summed E-state index contributed by atoms with van der Waals surface area (Å²) in [7, 11) is 0.350. The SMILES string of the molecule is Cc1ccc(S(=O)(=O)n2c(C)c(SCCN(C)C)c3cc(Cl)ccc32)cc1. The maximum absolute atomic E-state index is 13.4. The molecular weight excluding hydrogens is 400 g/mol. The first-order valence-electron chi connectivity index (χ1n) is 8.62. The Hall–Kier alpha value is -1.47. The Kier molecular flexibility index (Phi) is 5.91. The van der Waals surface area contributed by atoms with Crippen molar-refractivity contribution in [3.8, 4) is 0 Å². The molecule has 0 saturated carbocycles. The quantitative estimate of drug-likeness (QED) is 0.535. The molecular formula is C20H23ClN2O2S2. The minimum atomic E-state index is -3.70. The first kappa shape index (κ1) is 20.3. The number of thioether (sulfide) groups is 1. The van der Waals surface area contributed by atoms with Gasteiger partial charge >= 0.3 is 0 Å². The van der Waals surface area contributed by atoms with Gasteiger partial charge in [-0.05, 0) is 58.3 Å². The third kappa shape index (κ3) is 4.04. The van der Waals surface area contributed by atoms with E-state index in [1.54, 1.807) is 36.0 Å². The highest BCUT2D eigenvalue weighted by Crippen LogP contribution is 2.37. The molecule has 3 aromatic rings. The minimum absolute atomic E-state index is 0.285. The van der Waals surface area contributed by atoms with E-state index >= 15 is 0 Å². The third-order valence-corrected chi connectivity index (χ3v) is 7.64. The number of hydrogen-bond acceptors (Lipinski definition) is 4. The number of aryl methyl sites for hydroxylation is 1. The number of benzene rings is 2. The van der Waals surface area contributed by atoms with Gasteiger partial charge in [0.15, 0.2) is 0 Å². The summed E-state index contributed by atoms with van der Waals surface area (Å²) >= 11 is 7.87. The fraction of sp³-hybridized carbons (Fsp3) is 0.300. The second kappa shape index (κ2) is 7.87. The van der Waals surface area contributed by atoms with Crippen LogP contribution in [0.3, 0.4) is 0 Å². The molecule has 0 aliphatic rings. The van der Waals surface area contributed by atoms with Crippen LogP contribution in [0, 0.1) is 13.8 Å². The molecule has 7 heteroatoms. The number of rotatable bonds is 6. The van der Waals surface area contributed by atoms with Crippen molar-refractivity contribution in [2.75, 3.05) is 26.4 Å². The van der Waals surface area contributed by atoms with Crippen molar-refractivity contribution < 1.29 is 8.42 Å². The molecule has 3 rings (SSSR count). The van der Waals surface area contributed by atoms with Gasteiger partial charge in [-0.3, -0.25) is 0 Å². The zero-order valence-corrected chi connectivity index (χ0v) is 18.2. The summed E-state index contributed by atoms with van der Waals surface area (Å²) in [5.41, 5.74) is 2.40. The van der Waals surface area contributed by atoms with Gasteiger partial charge in [-0.2, -0.15) is 0 Å². The average Bonchev–Trinajstić information content (AvgIpc) is 2.87. The van der Waals surface area contributed by atoms with E-state index in [1.807, 2.05) is 46.1 Å². The zero-order valence-electron chi connectivity index (χ0n) is 15.9. The number of fused-ring (bicyclic) bond motifs is 1. The molecule has 2 aromatic carbocycles. The van der Waals surface area contributed by atoms with Gasteiger partial charge < -0.3 is 4.90 Å². The molecule has 0 spiro atoms. The molecule has 1 heterocycles. The van der Waals surface area contributed by atoms with Gasteiger partial charge in [0, 0.05) is 33.3 Å². The van der Waals surface area contributed by atoms with Crippen molar-refractivity contribution in [2.24, 2.45) is 0 Å². The largest absolute Gasteiger partial charge is 0.309 e. The lowest BCUT2D eigenvalue weighted by atomic mass is 10.2. The molecule has 4 nitrogen and oxygen atoms in total. The van der Waals surface area contributed by atoms with E-state index < -0.39 is 10.0 Å². The number of nitrogens with zero attached hydrogens (tertiary/aromatic N) is 2. The standard InChI is InChI=1S/C20H23ClN2O2S2/c1-14-5-8-17(9-6-14)27(24,25)23-15(2)20(26-12-11-22(3)4)18-13-16(21)7-10-19(18)23/h5-10,13H,11-12H2,1-4H3. The van der Waals surface area contributed by atoms with Gasteiger partial charge in [0.25, 0.3) is 10.0 Å². The molecule has 0 amide bonds. The van der Waals surface area contributed by atoms with Crippen LogP contribution < -0.4 is 0 Å². The topological polar surface area (TPSA) is 42.3 Å². The van der Waals surface area contributed by atoms with Gasteiger partial charge in [-0.25, -0.2) is 12.4 Å². The third-order valence-electron chi connectivity index (χ3n) is 4.40. The van der Waals surface area contributed by atoms with E-state index in [1.165, 1.54) is 3.97 Å². The number of halogens is 1. The Labute approximate surface area is 170 Å². The summed E-state index contributed by atoms with van der Waals surface area (Å²) in [6, 6.07) is 12.3. The van der Waals surface area contributed by atoms with Crippen LogP contribution in [0.5, 0.6) is 0 Å². The van der Waals surface area contributed by atoms with E-state index in [2.05, 4.69) is 4.90 Å². The maximum atomic E-state index is 13.4. The lowest BCUT2D eigenvalue weighted by Crippen LogP contribution is -2.15. The van der Waals surface area contributed by atoms with Crippen LogP contribution >= 0.6 is 23.4 Å². The van der Waals surface area contributed by atoms with E-state index in [9.17, 15) is 8.42 Å². The smallest absolute Gasteiger partial charge is 0.268 e. The first-order chi connectivity index (χ1) is 12.7. The molecule has 0 aliphatic heterocycles. The van der Waals surface area contributed by atoms with Gasteiger partial charge in [-0.1, -0.05) is 29.3 Å². The lowest BCUT2D eigenvalue weighted by Gasteiger charge is -2.11. The van der Waals surface area contributed by atoms with Crippen LogP contribution in [0.15, 0.2) is 52.3 Å². The van der Waals surface area contributed by atoms with Crippen LogP contribution in [0.1, 0.15) is 11.3 Å². The molecule has 0 radical (unpaired) electrons. The summed E-state index contributed by atoms with van der Waals surface area (Å²) in [6.07, 6.45) is 0. The second-order valence-corrected chi connectivity index (χ2v) is 10.1. The van der Waals surface area contributed by atoms with Gasteiger partial charge in [-0.15, -0.1) is 11.8 Å². The van der Waals surface area contributed by atoms with Crippen LogP contribution in [0.25, 0.3) is 10.9 Å². The Bertz CT molecular complexity index is 1070. The maximum Gasteiger partial charge on any atom is 0.268 e. The Morgan fingerprint density at radius 2 is 1.74 bits per heavy atom. The van der Waals surface area contributed by atoms with E-state index in [0.717, 1.165) is 33.8 Å². The number of hydrogen-bond donors (Lipinski definition) is 0. The molecule has 27 heavy (non-hydrogen) atoms. The van der Waals surface area contributed by atoms with Crippen molar-refractivity contribution >= 4 is 44.3 Å².